The van der Waals surface area contributed by atoms with Crippen LogP contribution in [0, 0.1) is 0 Å². The van der Waals surface area contributed by atoms with Crippen molar-refractivity contribution in [3.63, 3.8) is 0 Å². The predicted molar refractivity (Wildman–Crippen MR) is 45.5 cm³/mol. The topological polar surface area (TPSA) is 29.5 Å². The number of halogens is 1. The summed E-state index contributed by atoms with van der Waals surface area (Å²) in [5, 5.41) is 0. The summed E-state index contributed by atoms with van der Waals surface area (Å²) in [6, 6.07) is 0. The second kappa shape index (κ2) is 3.11. The average Bonchev–Trinajstić information content (AvgIpc) is 2.34. The number of nitrogens with zero attached hydrogens (tertiary/aromatic N) is 1. The van der Waals surface area contributed by atoms with Gasteiger partial charge in [-0.2, -0.15) is 0 Å². The standard InChI is InChI=1S/C7H12BrNO2/c1-7(2,8)6(10)9-3-4-11-5-9/h3-5H2,1-2H3. The molecule has 1 rings (SSSR count). The minimum atomic E-state index is -0.458. The number of hydrogen-bond donors (Lipinski definition) is 0. The van der Waals surface area contributed by atoms with Gasteiger partial charge in [0.1, 0.15) is 6.73 Å². The number of carbonyl (C=O) groups is 1. The molecule has 1 heterocycles. The molecule has 64 valence electrons. The second-order valence-electron chi connectivity index (χ2n) is 3.08. The fraction of sp³-hybridized carbons (Fsp3) is 0.857. The first-order valence-corrected chi connectivity index (χ1v) is 4.37. The van der Waals surface area contributed by atoms with Crippen molar-refractivity contribution < 1.29 is 9.53 Å². The highest BCUT2D eigenvalue weighted by Gasteiger charge is 2.30. The molecule has 0 spiro atoms. The van der Waals surface area contributed by atoms with E-state index in [0.717, 1.165) is 0 Å². The first-order valence-electron chi connectivity index (χ1n) is 3.58. The molecule has 0 N–H and O–H groups in total. The van der Waals surface area contributed by atoms with E-state index in [1.807, 2.05) is 13.8 Å². The van der Waals surface area contributed by atoms with Gasteiger partial charge < -0.3 is 9.64 Å². The molecule has 0 atom stereocenters. The molecule has 0 aromatic heterocycles. The Kier molecular flexibility index (Phi) is 2.54. The number of carbonyl (C=O) groups excluding carboxylic acids is 1. The predicted octanol–water partition coefficient (Wildman–Crippen LogP) is 0.976. The molecule has 1 fully saturated rings. The van der Waals surface area contributed by atoms with Gasteiger partial charge >= 0.3 is 0 Å². The number of hydrogen-bond acceptors (Lipinski definition) is 2. The van der Waals surface area contributed by atoms with Crippen LogP contribution in [0.2, 0.25) is 0 Å². The van der Waals surface area contributed by atoms with Gasteiger partial charge in [-0.25, -0.2) is 0 Å². The Labute approximate surface area is 74.8 Å². The molecule has 4 heteroatoms. The molecule has 0 radical (unpaired) electrons. The van der Waals surface area contributed by atoms with Crippen molar-refractivity contribution >= 4 is 21.8 Å². The van der Waals surface area contributed by atoms with E-state index >= 15 is 0 Å². The van der Waals surface area contributed by atoms with Gasteiger partial charge in [0.25, 0.3) is 0 Å². The molecule has 3 nitrogen and oxygen atoms in total. The van der Waals surface area contributed by atoms with E-state index in [2.05, 4.69) is 15.9 Å². The van der Waals surface area contributed by atoms with Crippen LogP contribution in [0.4, 0.5) is 0 Å². The molecular formula is C7H12BrNO2. The van der Waals surface area contributed by atoms with Crippen LogP contribution in [0.5, 0.6) is 0 Å². The minimum Gasteiger partial charge on any atom is -0.359 e. The summed E-state index contributed by atoms with van der Waals surface area (Å²) in [6.45, 7) is 5.50. The first kappa shape index (κ1) is 9.00. The summed E-state index contributed by atoms with van der Waals surface area (Å²) < 4.78 is 4.60. The van der Waals surface area contributed by atoms with E-state index in [-0.39, 0.29) is 5.91 Å². The van der Waals surface area contributed by atoms with E-state index in [1.54, 1.807) is 4.90 Å². The third-order valence-electron chi connectivity index (χ3n) is 1.55. The molecule has 1 amide bonds. The minimum absolute atomic E-state index is 0.0926. The van der Waals surface area contributed by atoms with E-state index in [4.69, 9.17) is 4.74 Å². The van der Waals surface area contributed by atoms with E-state index in [0.29, 0.717) is 19.9 Å². The molecule has 0 saturated carbocycles. The number of rotatable bonds is 1. The molecule has 0 unspecified atom stereocenters. The number of amides is 1. The molecule has 1 aliphatic heterocycles. The second-order valence-corrected chi connectivity index (χ2v) is 5.06. The van der Waals surface area contributed by atoms with Crippen molar-refractivity contribution in [1.82, 2.24) is 4.90 Å². The third kappa shape index (κ3) is 2.17. The smallest absolute Gasteiger partial charge is 0.240 e. The van der Waals surface area contributed by atoms with Gasteiger partial charge in [-0.1, -0.05) is 15.9 Å². The average molecular weight is 222 g/mol. The highest BCUT2D eigenvalue weighted by Crippen LogP contribution is 2.20. The van der Waals surface area contributed by atoms with Crippen LogP contribution in [0.3, 0.4) is 0 Å². The Morgan fingerprint density at radius 2 is 2.27 bits per heavy atom. The van der Waals surface area contributed by atoms with E-state index < -0.39 is 4.32 Å². The maximum absolute atomic E-state index is 11.5. The van der Waals surface area contributed by atoms with Crippen molar-refractivity contribution in [2.24, 2.45) is 0 Å². The Balaban J connectivity index is 2.53. The summed E-state index contributed by atoms with van der Waals surface area (Å²) in [7, 11) is 0. The number of ether oxygens (including phenoxy) is 1. The lowest BCUT2D eigenvalue weighted by molar-refractivity contribution is -0.133. The lowest BCUT2D eigenvalue weighted by Crippen LogP contribution is -2.40. The molecule has 0 bridgehead atoms. The maximum atomic E-state index is 11.5. The van der Waals surface area contributed by atoms with Crippen molar-refractivity contribution in [2.45, 2.75) is 18.2 Å². The number of alkyl halides is 1. The molecule has 0 aromatic carbocycles. The van der Waals surface area contributed by atoms with Gasteiger partial charge in [0.05, 0.1) is 10.9 Å². The lowest BCUT2D eigenvalue weighted by Gasteiger charge is -2.22. The highest BCUT2D eigenvalue weighted by molar-refractivity contribution is 9.10. The van der Waals surface area contributed by atoms with Gasteiger partial charge in [-0.05, 0) is 13.8 Å². The van der Waals surface area contributed by atoms with E-state index in [1.165, 1.54) is 0 Å². The third-order valence-corrected chi connectivity index (χ3v) is 1.89. The largest absolute Gasteiger partial charge is 0.359 e. The Bertz CT molecular complexity index is 158. The molecular weight excluding hydrogens is 210 g/mol. The summed E-state index contributed by atoms with van der Waals surface area (Å²) in [5.74, 6) is 0.0926. The van der Waals surface area contributed by atoms with Gasteiger partial charge in [0.15, 0.2) is 0 Å². The Hall–Kier alpha value is -0.0900. The SMILES string of the molecule is CC(C)(Br)C(=O)N1CCOC1. The van der Waals surface area contributed by atoms with Crippen molar-refractivity contribution in [3.8, 4) is 0 Å². The van der Waals surface area contributed by atoms with Crippen LogP contribution < -0.4 is 0 Å². The molecule has 1 saturated heterocycles. The van der Waals surface area contributed by atoms with E-state index in [9.17, 15) is 4.79 Å². The molecule has 11 heavy (non-hydrogen) atoms. The summed E-state index contributed by atoms with van der Waals surface area (Å²) in [6.07, 6.45) is 0. The van der Waals surface area contributed by atoms with Gasteiger partial charge in [-0.15, -0.1) is 0 Å². The molecule has 0 aliphatic carbocycles. The first-order chi connectivity index (χ1) is 5.02. The van der Waals surface area contributed by atoms with Crippen molar-refractivity contribution in [1.29, 1.82) is 0 Å². The maximum Gasteiger partial charge on any atom is 0.240 e. The Morgan fingerprint density at radius 3 is 2.64 bits per heavy atom. The fourth-order valence-corrected chi connectivity index (χ4v) is 1.20. The Morgan fingerprint density at radius 1 is 1.64 bits per heavy atom. The fourth-order valence-electron chi connectivity index (χ4n) is 0.950. The van der Waals surface area contributed by atoms with Crippen molar-refractivity contribution in [2.75, 3.05) is 19.9 Å². The quantitative estimate of drug-likeness (QED) is 0.619. The van der Waals surface area contributed by atoms with Gasteiger partial charge in [0.2, 0.25) is 5.91 Å². The summed E-state index contributed by atoms with van der Waals surface area (Å²) in [4.78, 5) is 13.2. The highest BCUT2D eigenvalue weighted by atomic mass is 79.9. The van der Waals surface area contributed by atoms with Crippen LogP contribution in [0.1, 0.15) is 13.8 Å². The van der Waals surface area contributed by atoms with Crippen LogP contribution in [-0.4, -0.2) is 35.0 Å². The van der Waals surface area contributed by atoms with Gasteiger partial charge in [-0.3, -0.25) is 4.79 Å². The zero-order valence-electron chi connectivity index (χ0n) is 6.76. The normalized spacial score (nSPS) is 19.0. The van der Waals surface area contributed by atoms with Crippen LogP contribution in [0.25, 0.3) is 0 Å². The van der Waals surface area contributed by atoms with Gasteiger partial charge in [0, 0.05) is 6.54 Å². The van der Waals surface area contributed by atoms with Crippen LogP contribution in [0.15, 0.2) is 0 Å². The molecule has 1 aliphatic rings. The zero-order chi connectivity index (χ0) is 8.48. The molecule has 0 aromatic rings. The zero-order valence-corrected chi connectivity index (χ0v) is 8.35. The summed E-state index contributed by atoms with van der Waals surface area (Å²) in [5.41, 5.74) is 0. The lowest BCUT2D eigenvalue weighted by atomic mass is 10.2. The van der Waals surface area contributed by atoms with Crippen LogP contribution in [-0.2, 0) is 9.53 Å². The monoisotopic (exact) mass is 221 g/mol. The van der Waals surface area contributed by atoms with Crippen molar-refractivity contribution in [3.05, 3.63) is 0 Å². The van der Waals surface area contributed by atoms with Crippen LogP contribution >= 0.6 is 15.9 Å². The summed E-state index contributed by atoms with van der Waals surface area (Å²) >= 11 is 3.31.